The molecule has 0 spiro atoms. The summed E-state index contributed by atoms with van der Waals surface area (Å²) >= 11 is 0. The number of anilines is 1. The second-order valence-electron chi connectivity index (χ2n) is 7.54. The molecular weight excluding hydrogens is 378 g/mol. The minimum absolute atomic E-state index is 0.0840. The molecule has 1 aliphatic heterocycles. The van der Waals surface area contributed by atoms with Crippen LogP contribution in [0.2, 0.25) is 0 Å². The number of fused-ring (bicyclic) bond motifs is 2. The number of imidazole rings is 1. The van der Waals surface area contributed by atoms with Crippen molar-refractivity contribution in [2.75, 3.05) is 11.4 Å². The quantitative estimate of drug-likeness (QED) is 0.372. The first-order chi connectivity index (χ1) is 14.7. The zero-order valence-corrected chi connectivity index (χ0v) is 16.4. The summed E-state index contributed by atoms with van der Waals surface area (Å²) in [6.45, 7) is 2.52. The Morgan fingerprint density at radius 3 is 2.77 bits per heavy atom. The Morgan fingerprint density at radius 2 is 1.93 bits per heavy atom. The molecular formula is C23H21N5O2. The Labute approximate surface area is 173 Å². The summed E-state index contributed by atoms with van der Waals surface area (Å²) < 4.78 is 2.27. The van der Waals surface area contributed by atoms with Crippen molar-refractivity contribution < 1.29 is 4.92 Å². The van der Waals surface area contributed by atoms with E-state index in [9.17, 15) is 10.1 Å². The standard InChI is InChI=1S/C23H21N5O2/c29-28(30)19-7-8-20-18(14-19)6-9-23(25-20)26-13-11-22-21(15-26)24-16-27(22)12-10-17-4-2-1-3-5-17/h1-9,14,16H,10-13,15H2. The average Bonchev–Trinajstić information content (AvgIpc) is 3.20. The molecule has 0 fully saturated rings. The average molecular weight is 399 g/mol. The number of hydrogen-bond acceptors (Lipinski definition) is 5. The van der Waals surface area contributed by atoms with Crippen LogP contribution in [0.25, 0.3) is 10.9 Å². The van der Waals surface area contributed by atoms with E-state index >= 15 is 0 Å². The van der Waals surface area contributed by atoms with Crippen molar-refractivity contribution in [3.05, 3.63) is 94.1 Å². The molecule has 0 radical (unpaired) electrons. The molecule has 2 aromatic heterocycles. The smallest absolute Gasteiger partial charge is 0.270 e. The molecule has 3 heterocycles. The Balaban J connectivity index is 1.33. The third-order valence-electron chi connectivity index (χ3n) is 5.67. The number of nitro groups is 1. The topological polar surface area (TPSA) is 77.1 Å². The van der Waals surface area contributed by atoms with E-state index in [0.29, 0.717) is 0 Å². The highest BCUT2D eigenvalue weighted by Gasteiger charge is 2.22. The summed E-state index contributed by atoms with van der Waals surface area (Å²) in [6.07, 6.45) is 3.86. The number of nitro benzene ring substituents is 1. The number of hydrogen-bond donors (Lipinski definition) is 0. The van der Waals surface area contributed by atoms with E-state index < -0.39 is 0 Å². The molecule has 150 valence electrons. The van der Waals surface area contributed by atoms with E-state index in [-0.39, 0.29) is 10.6 Å². The zero-order valence-electron chi connectivity index (χ0n) is 16.4. The molecule has 0 N–H and O–H groups in total. The van der Waals surface area contributed by atoms with E-state index in [1.165, 1.54) is 17.3 Å². The largest absolute Gasteiger partial charge is 0.350 e. The van der Waals surface area contributed by atoms with E-state index in [2.05, 4.69) is 38.7 Å². The normalized spacial score (nSPS) is 13.4. The van der Waals surface area contributed by atoms with Crippen LogP contribution in [0.3, 0.4) is 0 Å². The van der Waals surface area contributed by atoms with Gasteiger partial charge < -0.3 is 9.47 Å². The summed E-state index contributed by atoms with van der Waals surface area (Å²) in [6, 6.07) is 19.1. The maximum Gasteiger partial charge on any atom is 0.270 e. The van der Waals surface area contributed by atoms with Crippen molar-refractivity contribution in [2.45, 2.75) is 25.9 Å². The number of nitrogens with zero attached hydrogens (tertiary/aromatic N) is 5. The molecule has 0 aliphatic carbocycles. The number of aromatic nitrogens is 3. The van der Waals surface area contributed by atoms with Gasteiger partial charge in [-0.15, -0.1) is 0 Å². The Kier molecular flexibility index (Phi) is 4.63. The number of pyridine rings is 1. The Hall–Kier alpha value is -3.74. The van der Waals surface area contributed by atoms with Crippen molar-refractivity contribution in [3.8, 4) is 0 Å². The monoisotopic (exact) mass is 399 g/mol. The molecule has 0 saturated carbocycles. The minimum atomic E-state index is -0.381. The van der Waals surface area contributed by atoms with Gasteiger partial charge in [0, 0.05) is 42.7 Å². The van der Waals surface area contributed by atoms with Crippen molar-refractivity contribution in [1.82, 2.24) is 14.5 Å². The van der Waals surface area contributed by atoms with E-state index in [4.69, 9.17) is 4.98 Å². The van der Waals surface area contributed by atoms with Crippen LogP contribution in [0.5, 0.6) is 0 Å². The van der Waals surface area contributed by atoms with Crippen LogP contribution >= 0.6 is 0 Å². The van der Waals surface area contributed by atoms with Gasteiger partial charge in [0.2, 0.25) is 0 Å². The first kappa shape index (κ1) is 18.3. The molecule has 7 nitrogen and oxygen atoms in total. The first-order valence-electron chi connectivity index (χ1n) is 10.0. The summed E-state index contributed by atoms with van der Waals surface area (Å²) in [7, 11) is 0. The highest BCUT2D eigenvalue weighted by molar-refractivity contribution is 5.82. The zero-order chi connectivity index (χ0) is 20.5. The van der Waals surface area contributed by atoms with E-state index in [1.54, 1.807) is 12.1 Å². The number of benzene rings is 2. The Bertz CT molecular complexity index is 1220. The number of rotatable bonds is 5. The molecule has 2 aromatic carbocycles. The van der Waals surface area contributed by atoms with Gasteiger partial charge in [-0.05, 0) is 30.2 Å². The van der Waals surface area contributed by atoms with Gasteiger partial charge in [-0.25, -0.2) is 9.97 Å². The van der Waals surface area contributed by atoms with Crippen LogP contribution in [-0.4, -0.2) is 26.0 Å². The van der Waals surface area contributed by atoms with Gasteiger partial charge in [0.05, 0.1) is 29.0 Å². The fourth-order valence-electron chi connectivity index (χ4n) is 4.04. The van der Waals surface area contributed by atoms with E-state index in [0.717, 1.165) is 54.9 Å². The molecule has 1 aliphatic rings. The molecule has 7 heteroatoms. The minimum Gasteiger partial charge on any atom is -0.350 e. The third kappa shape index (κ3) is 3.50. The van der Waals surface area contributed by atoms with Gasteiger partial charge in [0.1, 0.15) is 5.82 Å². The maximum absolute atomic E-state index is 11.0. The van der Waals surface area contributed by atoms with Crippen LogP contribution in [0.15, 0.2) is 67.0 Å². The lowest BCUT2D eigenvalue weighted by Gasteiger charge is -2.28. The van der Waals surface area contributed by atoms with Crippen molar-refractivity contribution in [1.29, 1.82) is 0 Å². The van der Waals surface area contributed by atoms with Crippen LogP contribution in [-0.2, 0) is 25.9 Å². The number of aryl methyl sites for hydroxylation is 2. The molecule has 0 atom stereocenters. The van der Waals surface area contributed by atoms with Crippen LogP contribution in [0, 0.1) is 10.1 Å². The molecule has 5 rings (SSSR count). The lowest BCUT2D eigenvalue weighted by Crippen LogP contribution is -2.32. The number of non-ortho nitro benzene ring substituents is 1. The summed E-state index contributed by atoms with van der Waals surface area (Å²) in [4.78, 5) is 22.2. The molecule has 0 bridgehead atoms. The molecule has 0 amide bonds. The summed E-state index contributed by atoms with van der Waals surface area (Å²) in [5, 5.41) is 11.7. The SMILES string of the molecule is O=[N+]([O-])c1ccc2nc(N3CCc4c(ncn4CCc4ccccc4)C3)ccc2c1. The second-order valence-corrected chi connectivity index (χ2v) is 7.54. The molecule has 0 unspecified atom stereocenters. The molecule has 0 saturated heterocycles. The molecule has 30 heavy (non-hydrogen) atoms. The highest BCUT2D eigenvalue weighted by Crippen LogP contribution is 2.26. The predicted molar refractivity (Wildman–Crippen MR) is 116 cm³/mol. The van der Waals surface area contributed by atoms with Gasteiger partial charge >= 0.3 is 0 Å². The lowest BCUT2D eigenvalue weighted by atomic mass is 10.1. The van der Waals surface area contributed by atoms with Gasteiger partial charge in [-0.3, -0.25) is 10.1 Å². The van der Waals surface area contributed by atoms with Gasteiger partial charge in [-0.1, -0.05) is 30.3 Å². The van der Waals surface area contributed by atoms with Gasteiger partial charge in [0.25, 0.3) is 5.69 Å². The maximum atomic E-state index is 11.0. The highest BCUT2D eigenvalue weighted by atomic mass is 16.6. The van der Waals surface area contributed by atoms with Crippen molar-refractivity contribution in [3.63, 3.8) is 0 Å². The third-order valence-corrected chi connectivity index (χ3v) is 5.67. The van der Waals surface area contributed by atoms with Crippen LogP contribution < -0.4 is 4.90 Å². The molecule has 4 aromatic rings. The lowest BCUT2D eigenvalue weighted by molar-refractivity contribution is -0.384. The van der Waals surface area contributed by atoms with Crippen LogP contribution in [0.4, 0.5) is 11.5 Å². The van der Waals surface area contributed by atoms with Crippen molar-refractivity contribution >= 4 is 22.4 Å². The fraction of sp³-hybridized carbons (Fsp3) is 0.217. The fourth-order valence-corrected chi connectivity index (χ4v) is 4.04. The van der Waals surface area contributed by atoms with Gasteiger partial charge in [0.15, 0.2) is 0 Å². The van der Waals surface area contributed by atoms with E-state index in [1.807, 2.05) is 24.5 Å². The predicted octanol–water partition coefficient (Wildman–Crippen LogP) is 4.14. The first-order valence-corrected chi connectivity index (χ1v) is 10.0. The van der Waals surface area contributed by atoms with Gasteiger partial charge in [-0.2, -0.15) is 0 Å². The Morgan fingerprint density at radius 1 is 1.07 bits per heavy atom. The summed E-state index contributed by atoms with van der Waals surface area (Å²) in [5.41, 5.74) is 4.58. The summed E-state index contributed by atoms with van der Waals surface area (Å²) in [5.74, 6) is 0.876. The van der Waals surface area contributed by atoms with Crippen LogP contribution in [0.1, 0.15) is 17.0 Å². The second kappa shape index (κ2) is 7.59. The van der Waals surface area contributed by atoms with Crippen molar-refractivity contribution in [2.24, 2.45) is 0 Å².